The van der Waals surface area contributed by atoms with E-state index in [0.29, 0.717) is 19.0 Å². The summed E-state index contributed by atoms with van der Waals surface area (Å²) in [5.41, 5.74) is 3.75. The minimum absolute atomic E-state index is 0.155. The van der Waals surface area contributed by atoms with Gasteiger partial charge in [-0.15, -0.1) is 0 Å². The number of halogens is 1. The highest BCUT2D eigenvalue weighted by Gasteiger charge is 2.21. The minimum atomic E-state index is -0.518. The van der Waals surface area contributed by atoms with Gasteiger partial charge in [0.25, 0.3) is 0 Å². The smallest absolute Gasteiger partial charge is 0.231 e. The fraction of sp³-hybridized carbons (Fsp3) is 0.400. The van der Waals surface area contributed by atoms with Crippen molar-refractivity contribution in [1.82, 2.24) is 29.4 Å². The van der Waals surface area contributed by atoms with Crippen LogP contribution in [0.2, 0.25) is 0 Å². The third-order valence-electron chi connectivity index (χ3n) is 4.95. The molecule has 0 bridgehead atoms. The number of rotatable bonds is 5. The van der Waals surface area contributed by atoms with Crippen LogP contribution in [-0.2, 0) is 6.54 Å². The predicted octanol–water partition coefficient (Wildman–Crippen LogP) is 2.43. The number of aromatic nitrogens is 5. The van der Waals surface area contributed by atoms with Crippen LogP contribution in [0, 0.1) is 26.6 Å². The van der Waals surface area contributed by atoms with Gasteiger partial charge in [0.2, 0.25) is 11.9 Å². The predicted molar refractivity (Wildman–Crippen MR) is 107 cm³/mol. The Balaban J connectivity index is 1.58. The van der Waals surface area contributed by atoms with E-state index in [0.717, 1.165) is 41.7 Å². The molecule has 1 aliphatic heterocycles. The number of likely N-dealkylation sites (tertiary alicyclic amines) is 1. The molecule has 1 aliphatic rings. The molecule has 9 heteroatoms. The molecule has 1 saturated heterocycles. The fourth-order valence-corrected chi connectivity index (χ4v) is 3.56. The molecule has 0 aromatic carbocycles. The van der Waals surface area contributed by atoms with Crippen LogP contribution in [0.4, 0.5) is 16.3 Å². The largest absolute Gasteiger partial charge is 0.392 e. The van der Waals surface area contributed by atoms with Crippen molar-refractivity contribution in [2.75, 3.05) is 18.4 Å². The first-order chi connectivity index (χ1) is 13.9. The Labute approximate surface area is 168 Å². The number of aliphatic hydroxyl groups excluding tert-OH is 1. The highest BCUT2D eigenvalue weighted by Crippen LogP contribution is 2.21. The maximum Gasteiger partial charge on any atom is 0.231 e. The van der Waals surface area contributed by atoms with Crippen LogP contribution < -0.4 is 5.32 Å². The van der Waals surface area contributed by atoms with Gasteiger partial charge >= 0.3 is 0 Å². The average molecular weight is 397 g/mol. The Bertz CT molecular complexity index is 1020. The van der Waals surface area contributed by atoms with Crippen LogP contribution in [0.1, 0.15) is 28.9 Å². The molecule has 0 saturated carbocycles. The van der Waals surface area contributed by atoms with E-state index in [1.807, 2.05) is 39.2 Å². The summed E-state index contributed by atoms with van der Waals surface area (Å²) >= 11 is 0. The van der Waals surface area contributed by atoms with Crippen LogP contribution in [0.3, 0.4) is 0 Å². The first-order valence-corrected chi connectivity index (χ1v) is 9.57. The third-order valence-corrected chi connectivity index (χ3v) is 4.95. The van der Waals surface area contributed by atoms with E-state index in [4.69, 9.17) is 0 Å². The first-order valence-electron chi connectivity index (χ1n) is 9.57. The first kappa shape index (κ1) is 19.4. The number of anilines is 2. The Kier molecular flexibility index (Phi) is 5.25. The number of β-amino-alcohol motifs (C(OH)–C–C–N with tert-alkyl or cyclic N) is 1. The molecule has 3 aromatic rings. The van der Waals surface area contributed by atoms with Crippen molar-refractivity contribution in [3.63, 3.8) is 0 Å². The minimum Gasteiger partial charge on any atom is -0.392 e. The summed E-state index contributed by atoms with van der Waals surface area (Å²) in [5, 5.41) is 12.7. The molecule has 0 aliphatic carbocycles. The maximum absolute atomic E-state index is 14.5. The molecule has 152 valence electrons. The second-order valence-corrected chi connectivity index (χ2v) is 7.52. The number of aliphatic hydroxyl groups is 1. The summed E-state index contributed by atoms with van der Waals surface area (Å²) in [6.45, 7) is 7.97. The van der Waals surface area contributed by atoms with Crippen molar-refractivity contribution >= 4 is 11.9 Å². The maximum atomic E-state index is 14.5. The van der Waals surface area contributed by atoms with E-state index in [2.05, 4.69) is 30.2 Å². The molecule has 2 N–H and O–H groups in total. The highest BCUT2D eigenvalue weighted by molar-refractivity contribution is 5.45. The molecule has 0 unspecified atom stereocenters. The SMILES string of the molecule is Cc1cc(C)nc(Nc2ncc(F)c(-n3cc(C)c(CN4CC[C@@H](O)C4)c3)n2)n1. The lowest BCUT2D eigenvalue weighted by atomic mass is 10.2. The average Bonchev–Trinajstić information content (AvgIpc) is 3.22. The lowest BCUT2D eigenvalue weighted by molar-refractivity contribution is 0.174. The summed E-state index contributed by atoms with van der Waals surface area (Å²) in [7, 11) is 0. The molecule has 1 atom stereocenters. The van der Waals surface area contributed by atoms with E-state index in [1.165, 1.54) is 0 Å². The Morgan fingerprint density at radius 1 is 1.14 bits per heavy atom. The van der Waals surface area contributed by atoms with Crippen LogP contribution in [0.25, 0.3) is 5.82 Å². The quantitative estimate of drug-likeness (QED) is 0.683. The van der Waals surface area contributed by atoms with Gasteiger partial charge in [0.05, 0.1) is 12.3 Å². The highest BCUT2D eigenvalue weighted by atomic mass is 19.1. The van der Waals surface area contributed by atoms with Crippen LogP contribution in [0.5, 0.6) is 0 Å². The topological polar surface area (TPSA) is 92.0 Å². The second kappa shape index (κ2) is 7.84. The second-order valence-electron chi connectivity index (χ2n) is 7.52. The Morgan fingerprint density at radius 2 is 1.90 bits per heavy atom. The summed E-state index contributed by atoms with van der Waals surface area (Å²) in [4.78, 5) is 19.1. The number of hydrogen-bond donors (Lipinski definition) is 2. The van der Waals surface area contributed by atoms with Gasteiger partial charge in [-0.25, -0.2) is 19.3 Å². The molecule has 4 rings (SSSR count). The van der Waals surface area contributed by atoms with Gasteiger partial charge in [-0.2, -0.15) is 4.98 Å². The number of nitrogens with one attached hydrogen (secondary N) is 1. The van der Waals surface area contributed by atoms with Crippen molar-refractivity contribution < 1.29 is 9.50 Å². The summed E-state index contributed by atoms with van der Waals surface area (Å²) in [5.74, 6) is 0.233. The number of aryl methyl sites for hydroxylation is 3. The molecule has 0 spiro atoms. The molecule has 4 heterocycles. The molecule has 29 heavy (non-hydrogen) atoms. The Hall–Kier alpha value is -2.91. The summed E-state index contributed by atoms with van der Waals surface area (Å²) in [6.07, 6.45) is 5.39. The fourth-order valence-electron chi connectivity index (χ4n) is 3.56. The number of nitrogens with zero attached hydrogens (tertiary/aromatic N) is 6. The zero-order valence-corrected chi connectivity index (χ0v) is 16.7. The van der Waals surface area contributed by atoms with Crippen molar-refractivity contribution in [1.29, 1.82) is 0 Å². The van der Waals surface area contributed by atoms with Crippen LogP contribution in [0.15, 0.2) is 24.7 Å². The van der Waals surface area contributed by atoms with Gasteiger partial charge in [0.15, 0.2) is 11.6 Å². The molecule has 1 fully saturated rings. The van der Waals surface area contributed by atoms with E-state index in [1.54, 1.807) is 4.57 Å². The Morgan fingerprint density at radius 3 is 2.59 bits per heavy atom. The lowest BCUT2D eigenvalue weighted by Gasteiger charge is -2.14. The van der Waals surface area contributed by atoms with Gasteiger partial charge in [-0.1, -0.05) is 0 Å². The van der Waals surface area contributed by atoms with Crippen molar-refractivity contribution in [2.45, 2.75) is 39.8 Å². The lowest BCUT2D eigenvalue weighted by Crippen LogP contribution is -2.21. The van der Waals surface area contributed by atoms with E-state index >= 15 is 0 Å². The van der Waals surface area contributed by atoms with Crippen molar-refractivity contribution in [2.24, 2.45) is 0 Å². The summed E-state index contributed by atoms with van der Waals surface area (Å²) in [6, 6.07) is 1.87. The molecule has 0 amide bonds. The third kappa shape index (κ3) is 4.41. The van der Waals surface area contributed by atoms with Gasteiger partial charge in [0, 0.05) is 43.4 Å². The van der Waals surface area contributed by atoms with Gasteiger partial charge < -0.3 is 9.67 Å². The zero-order chi connectivity index (χ0) is 20.5. The van der Waals surface area contributed by atoms with E-state index in [-0.39, 0.29) is 17.9 Å². The monoisotopic (exact) mass is 397 g/mol. The van der Waals surface area contributed by atoms with Crippen molar-refractivity contribution in [3.05, 3.63) is 53.0 Å². The van der Waals surface area contributed by atoms with Gasteiger partial charge in [0.1, 0.15) is 0 Å². The van der Waals surface area contributed by atoms with Gasteiger partial charge in [-0.3, -0.25) is 10.2 Å². The van der Waals surface area contributed by atoms with Crippen LogP contribution >= 0.6 is 0 Å². The summed E-state index contributed by atoms with van der Waals surface area (Å²) < 4.78 is 16.1. The van der Waals surface area contributed by atoms with Crippen molar-refractivity contribution in [3.8, 4) is 5.82 Å². The van der Waals surface area contributed by atoms with E-state index in [9.17, 15) is 9.50 Å². The molecular weight excluding hydrogens is 373 g/mol. The van der Waals surface area contributed by atoms with Gasteiger partial charge in [-0.05, 0) is 44.4 Å². The number of hydrogen-bond acceptors (Lipinski definition) is 7. The molecular formula is C20H24FN7O. The standard InChI is InChI=1S/C20H24FN7O/c1-12-8-28(10-15(12)9-27-5-4-16(29)11-27)18-17(21)7-22-19(25-18)26-20-23-13(2)6-14(3)24-20/h6-8,10,16,29H,4-5,9,11H2,1-3H3,(H,22,23,24,25,26)/t16-/m1/s1. The molecule has 8 nitrogen and oxygen atoms in total. The van der Waals surface area contributed by atoms with Crippen LogP contribution in [-0.4, -0.2) is 53.7 Å². The molecule has 0 radical (unpaired) electrons. The molecule has 3 aromatic heterocycles. The zero-order valence-electron chi connectivity index (χ0n) is 16.7. The normalized spacial score (nSPS) is 17.1. The van der Waals surface area contributed by atoms with E-state index < -0.39 is 5.82 Å².